The third kappa shape index (κ3) is 3.03. The van der Waals surface area contributed by atoms with Gasteiger partial charge in [0.15, 0.2) is 0 Å². The summed E-state index contributed by atoms with van der Waals surface area (Å²) in [5.74, 6) is 0. The molecular weight excluding hydrogens is 208 g/mol. The van der Waals surface area contributed by atoms with Crippen LogP contribution >= 0.6 is 15.9 Å². The summed E-state index contributed by atoms with van der Waals surface area (Å²) in [6.07, 6.45) is 4.74. The quantitative estimate of drug-likeness (QED) is 0.720. The van der Waals surface area contributed by atoms with E-state index >= 15 is 0 Å². The van der Waals surface area contributed by atoms with Crippen molar-refractivity contribution in [2.45, 2.75) is 13.0 Å². The van der Waals surface area contributed by atoms with Crippen LogP contribution in [0.15, 0.2) is 16.9 Å². The fourth-order valence-corrected chi connectivity index (χ4v) is 1.16. The molecule has 0 bridgehead atoms. The number of ether oxygens (including phenoxy) is 1. The Morgan fingerprint density at radius 1 is 1.73 bits per heavy atom. The SMILES string of the molecule is COCCCn1cc(Br)cn1. The van der Waals surface area contributed by atoms with Gasteiger partial charge in [0.05, 0.1) is 10.7 Å². The van der Waals surface area contributed by atoms with Crippen LogP contribution in [-0.2, 0) is 11.3 Å². The lowest BCUT2D eigenvalue weighted by Crippen LogP contribution is -2.01. The molecule has 0 aliphatic carbocycles. The van der Waals surface area contributed by atoms with Gasteiger partial charge in [0.1, 0.15) is 0 Å². The molecule has 0 amide bonds. The van der Waals surface area contributed by atoms with Crippen LogP contribution in [-0.4, -0.2) is 23.5 Å². The molecule has 0 N–H and O–H groups in total. The smallest absolute Gasteiger partial charge is 0.0632 e. The van der Waals surface area contributed by atoms with Crippen molar-refractivity contribution in [2.24, 2.45) is 0 Å². The van der Waals surface area contributed by atoms with Gasteiger partial charge < -0.3 is 4.74 Å². The first-order valence-electron chi connectivity index (χ1n) is 3.50. The van der Waals surface area contributed by atoms with E-state index in [1.807, 2.05) is 10.9 Å². The first-order chi connectivity index (χ1) is 5.33. The van der Waals surface area contributed by atoms with Crippen LogP contribution in [0.2, 0.25) is 0 Å². The van der Waals surface area contributed by atoms with Gasteiger partial charge >= 0.3 is 0 Å². The van der Waals surface area contributed by atoms with Crippen molar-refractivity contribution in [3.8, 4) is 0 Å². The zero-order valence-corrected chi connectivity index (χ0v) is 8.04. The summed E-state index contributed by atoms with van der Waals surface area (Å²) < 4.78 is 7.83. The van der Waals surface area contributed by atoms with Crippen molar-refractivity contribution < 1.29 is 4.74 Å². The highest BCUT2D eigenvalue weighted by Gasteiger charge is 1.93. The summed E-state index contributed by atoms with van der Waals surface area (Å²) in [7, 11) is 1.71. The summed E-state index contributed by atoms with van der Waals surface area (Å²) in [5, 5.41) is 4.10. The molecule has 1 heterocycles. The van der Waals surface area contributed by atoms with E-state index in [4.69, 9.17) is 4.74 Å². The molecule has 0 unspecified atom stereocenters. The molecule has 0 saturated carbocycles. The van der Waals surface area contributed by atoms with Gasteiger partial charge in [-0.15, -0.1) is 0 Å². The number of hydrogen-bond acceptors (Lipinski definition) is 2. The highest BCUT2D eigenvalue weighted by Crippen LogP contribution is 2.06. The number of hydrogen-bond donors (Lipinski definition) is 0. The monoisotopic (exact) mass is 218 g/mol. The van der Waals surface area contributed by atoms with Gasteiger partial charge in [0.2, 0.25) is 0 Å². The van der Waals surface area contributed by atoms with Crippen molar-refractivity contribution >= 4 is 15.9 Å². The van der Waals surface area contributed by atoms with Crippen molar-refractivity contribution in [3.05, 3.63) is 16.9 Å². The lowest BCUT2D eigenvalue weighted by atomic mass is 10.4. The Kier molecular flexibility index (Phi) is 3.59. The van der Waals surface area contributed by atoms with Gasteiger partial charge in [-0.05, 0) is 22.4 Å². The predicted molar refractivity (Wildman–Crippen MR) is 46.4 cm³/mol. The lowest BCUT2D eigenvalue weighted by molar-refractivity contribution is 0.189. The molecule has 0 saturated heterocycles. The third-order valence-corrected chi connectivity index (χ3v) is 1.75. The normalized spacial score (nSPS) is 10.4. The van der Waals surface area contributed by atoms with Crippen LogP contribution in [0.5, 0.6) is 0 Å². The molecule has 0 aliphatic rings. The number of rotatable bonds is 4. The summed E-state index contributed by atoms with van der Waals surface area (Å²) in [6.45, 7) is 1.71. The average Bonchev–Trinajstić information content (AvgIpc) is 2.37. The van der Waals surface area contributed by atoms with Crippen LogP contribution in [0, 0.1) is 0 Å². The Labute approximate surface area is 74.5 Å². The topological polar surface area (TPSA) is 27.1 Å². The maximum atomic E-state index is 4.92. The summed E-state index contributed by atoms with van der Waals surface area (Å²) in [5.41, 5.74) is 0. The van der Waals surface area contributed by atoms with E-state index in [0.717, 1.165) is 24.0 Å². The van der Waals surface area contributed by atoms with Crippen LogP contribution in [0.1, 0.15) is 6.42 Å². The van der Waals surface area contributed by atoms with Gasteiger partial charge in [-0.1, -0.05) is 0 Å². The molecule has 11 heavy (non-hydrogen) atoms. The highest BCUT2D eigenvalue weighted by atomic mass is 79.9. The average molecular weight is 219 g/mol. The first-order valence-corrected chi connectivity index (χ1v) is 4.29. The van der Waals surface area contributed by atoms with Gasteiger partial charge in [-0.2, -0.15) is 5.10 Å². The molecule has 0 aromatic carbocycles. The second-order valence-corrected chi connectivity index (χ2v) is 3.18. The third-order valence-electron chi connectivity index (χ3n) is 1.34. The standard InChI is InChI=1S/C7H11BrN2O/c1-11-4-2-3-10-6-7(8)5-9-10/h5-6H,2-4H2,1H3. The molecule has 4 heteroatoms. The second kappa shape index (κ2) is 4.51. The van der Waals surface area contributed by atoms with Crippen molar-refractivity contribution in [2.75, 3.05) is 13.7 Å². The molecule has 0 aliphatic heterocycles. The van der Waals surface area contributed by atoms with Gasteiger partial charge in [0, 0.05) is 26.5 Å². The lowest BCUT2D eigenvalue weighted by Gasteiger charge is -1.98. The Morgan fingerprint density at radius 2 is 2.55 bits per heavy atom. The van der Waals surface area contributed by atoms with E-state index in [1.165, 1.54) is 0 Å². The summed E-state index contributed by atoms with van der Waals surface area (Å²) in [6, 6.07) is 0. The molecule has 62 valence electrons. The summed E-state index contributed by atoms with van der Waals surface area (Å²) in [4.78, 5) is 0. The Morgan fingerprint density at radius 3 is 3.09 bits per heavy atom. The molecule has 1 aromatic rings. The van der Waals surface area contributed by atoms with Crippen molar-refractivity contribution in [1.29, 1.82) is 0 Å². The minimum atomic E-state index is 0.789. The highest BCUT2D eigenvalue weighted by molar-refractivity contribution is 9.10. The fourth-order valence-electron chi connectivity index (χ4n) is 0.832. The second-order valence-electron chi connectivity index (χ2n) is 2.27. The molecule has 0 radical (unpaired) electrons. The van der Waals surface area contributed by atoms with E-state index in [0.29, 0.717) is 0 Å². The van der Waals surface area contributed by atoms with Gasteiger partial charge in [-0.3, -0.25) is 4.68 Å². The maximum absolute atomic E-state index is 4.92. The van der Waals surface area contributed by atoms with Crippen molar-refractivity contribution in [1.82, 2.24) is 9.78 Å². The Balaban J connectivity index is 2.27. The number of aryl methyl sites for hydroxylation is 1. The summed E-state index contributed by atoms with van der Waals surface area (Å²) >= 11 is 3.33. The number of methoxy groups -OCH3 is 1. The van der Waals surface area contributed by atoms with E-state index in [9.17, 15) is 0 Å². The number of nitrogens with zero attached hydrogens (tertiary/aromatic N) is 2. The van der Waals surface area contributed by atoms with E-state index < -0.39 is 0 Å². The molecular formula is C7H11BrN2O. The van der Waals surface area contributed by atoms with E-state index in [2.05, 4.69) is 21.0 Å². The first kappa shape index (κ1) is 8.74. The maximum Gasteiger partial charge on any atom is 0.0632 e. The minimum absolute atomic E-state index is 0.789. The molecule has 1 rings (SSSR count). The van der Waals surface area contributed by atoms with Crippen LogP contribution in [0.25, 0.3) is 0 Å². The molecule has 0 spiro atoms. The number of aromatic nitrogens is 2. The van der Waals surface area contributed by atoms with E-state index in [-0.39, 0.29) is 0 Å². The van der Waals surface area contributed by atoms with Crippen LogP contribution in [0.4, 0.5) is 0 Å². The van der Waals surface area contributed by atoms with Crippen LogP contribution < -0.4 is 0 Å². The molecule has 3 nitrogen and oxygen atoms in total. The predicted octanol–water partition coefficient (Wildman–Crippen LogP) is 1.68. The molecule has 0 fully saturated rings. The molecule has 0 atom stereocenters. The van der Waals surface area contributed by atoms with E-state index in [1.54, 1.807) is 13.3 Å². The van der Waals surface area contributed by atoms with Crippen LogP contribution in [0.3, 0.4) is 0 Å². The fraction of sp³-hybridized carbons (Fsp3) is 0.571. The van der Waals surface area contributed by atoms with Crippen molar-refractivity contribution in [3.63, 3.8) is 0 Å². The molecule has 1 aromatic heterocycles. The van der Waals surface area contributed by atoms with Gasteiger partial charge in [0.25, 0.3) is 0 Å². The zero-order valence-electron chi connectivity index (χ0n) is 6.46. The van der Waals surface area contributed by atoms with Gasteiger partial charge in [-0.25, -0.2) is 0 Å². The minimum Gasteiger partial charge on any atom is -0.385 e. The number of halogens is 1. The largest absolute Gasteiger partial charge is 0.385 e. The Bertz CT molecular complexity index is 212. The zero-order chi connectivity index (χ0) is 8.10. The Hall–Kier alpha value is -0.350.